The number of fused-ring (bicyclic) bond motifs is 1. The van der Waals surface area contributed by atoms with Crippen molar-refractivity contribution in [2.24, 2.45) is 5.92 Å². The number of hydrogen-bond donors (Lipinski definition) is 1. The Morgan fingerprint density at radius 1 is 1.29 bits per heavy atom. The second-order valence-corrected chi connectivity index (χ2v) is 5.99. The largest absolute Gasteiger partial charge is 0.354 e. The minimum atomic E-state index is 0.237. The number of carbonyl (C=O) groups excluding carboxylic acids is 1. The van der Waals surface area contributed by atoms with Gasteiger partial charge in [-0.3, -0.25) is 4.79 Å². The topological polar surface area (TPSA) is 62.5 Å². The highest BCUT2D eigenvalue weighted by atomic mass is 16.2. The minimum absolute atomic E-state index is 0.237. The van der Waals surface area contributed by atoms with E-state index in [-0.39, 0.29) is 17.9 Å². The van der Waals surface area contributed by atoms with E-state index in [1.807, 2.05) is 18.3 Å². The third kappa shape index (κ3) is 2.57. The summed E-state index contributed by atoms with van der Waals surface area (Å²) in [4.78, 5) is 18.8. The van der Waals surface area contributed by atoms with Crippen LogP contribution >= 0.6 is 0 Å². The molecular weight excluding hydrogens is 266 g/mol. The lowest BCUT2D eigenvalue weighted by Crippen LogP contribution is -2.48. The second-order valence-electron chi connectivity index (χ2n) is 5.99. The van der Waals surface area contributed by atoms with Gasteiger partial charge in [0.1, 0.15) is 5.82 Å². The molecule has 2 aromatic rings. The van der Waals surface area contributed by atoms with Gasteiger partial charge >= 0.3 is 0 Å². The van der Waals surface area contributed by atoms with E-state index in [4.69, 9.17) is 0 Å². The first kappa shape index (κ1) is 12.6. The predicted molar refractivity (Wildman–Crippen MR) is 79.1 cm³/mol. The third-order valence-corrected chi connectivity index (χ3v) is 4.28. The summed E-state index contributed by atoms with van der Waals surface area (Å²) < 4.78 is 1.76. The van der Waals surface area contributed by atoms with Gasteiger partial charge in [-0.15, -0.1) is 0 Å². The molecule has 0 radical (unpaired) electrons. The molecule has 1 unspecified atom stereocenters. The van der Waals surface area contributed by atoms with Crippen LogP contribution in [-0.2, 0) is 4.79 Å². The quantitative estimate of drug-likeness (QED) is 0.921. The summed E-state index contributed by atoms with van der Waals surface area (Å²) in [6.45, 7) is 1.84. The van der Waals surface area contributed by atoms with E-state index >= 15 is 0 Å². The highest BCUT2D eigenvalue weighted by Gasteiger charge is 2.32. The zero-order valence-electron chi connectivity index (χ0n) is 11.9. The van der Waals surface area contributed by atoms with Gasteiger partial charge in [-0.2, -0.15) is 5.10 Å². The van der Waals surface area contributed by atoms with Crippen LogP contribution in [0.2, 0.25) is 0 Å². The van der Waals surface area contributed by atoms with Crippen LogP contribution in [0.3, 0.4) is 0 Å². The molecule has 4 rings (SSSR count). The Bertz CT molecular complexity index is 663. The number of nitrogens with one attached hydrogen (secondary N) is 1. The van der Waals surface area contributed by atoms with Crippen LogP contribution in [0, 0.1) is 5.92 Å². The molecule has 0 bridgehead atoms. The maximum absolute atomic E-state index is 11.9. The van der Waals surface area contributed by atoms with Gasteiger partial charge in [-0.25, -0.2) is 9.50 Å². The Morgan fingerprint density at radius 2 is 2.19 bits per heavy atom. The maximum atomic E-state index is 11.9. The van der Waals surface area contributed by atoms with Gasteiger partial charge < -0.3 is 10.2 Å². The molecule has 1 saturated heterocycles. The first-order valence-corrected chi connectivity index (χ1v) is 7.65. The predicted octanol–water partition coefficient (Wildman–Crippen LogP) is 1.22. The van der Waals surface area contributed by atoms with E-state index in [1.54, 1.807) is 10.7 Å². The number of aromatic nitrogens is 3. The lowest BCUT2D eigenvalue weighted by atomic mass is 10.1. The van der Waals surface area contributed by atoms with E-state index in [0.29, 0.717) is 0 Å². The molecule has 3 heterocycles. The number of hydrogen-bond acceptors (Lipinski definition) is 4. The molecule has 6 heteroatoms. The van der Waals surface area contributed by atoms with Gasteiger partial charge in [-0.05, 0) is 31.7 Å². The summed E-state index contributed by atoms with van der Waals surface area (Å²) in [6, 6.07) is 4.14. The zero-order chi connectivity index (χ0) is 14.2. The van der Waals surface area contributed by atoms with Crippen LogP contribution in [-0.4, -0.2) is 39.6 Å². The molecule has 0 spiro atoms. The van der Waals surface area contributed by atoms with Gasteiger partial charge in [0.05, 0.1) is 6.20 Å². The van der Waals surface area contributed by atoms with Crippen LogP contribution in [0.1, 0.15) is 25.7 Å². The zero-order valence-corrected chi connectivity index (χ0v) is 11.9. The smallest absolute Gasteiger partial charge is 0.223 e. The van der Waals surface area contributed by atoms with Crippen molar-refractivity contribution in [1.82, 2.24) is 19.9 Å². The maximum Gasteiger partial charge on any atom is 0.223 e. The second kappa shape index (κ2) is 5.02. The van der Waals surface area contributed by atoms with E-state index in [0.717, 1.165) is 50.2 Å². The van der Waals surface area contributed by atoms with E-state index in [2.05, 4.69) is 20.3 Å². The van der Waals surface area contributed by atoms with Gasteiger partial charge in [0, 0.05) is 37.3 Å². The number of nitrogens with zero attached hydrogens (tertiary/aromatic N) is 4. The summed E-state index contributed by atoms with van der Waals surface area (Å²) in [6.07, 6.45) is 7.94. The highest BCUT2D eigenvalue weighted by molar-refractivity contribution is 5.81. The molecule has 1 aliphatic carbocycles. The van der Waals surface area contributed by atoms with Crippen molar-refractivity contribution in [3.05, 3.63) is 24.5 Å². The minimum Gasteiger partial charge on any atom is -0.354 e. The van der Waals surface area contributed by atoms with E-state index in [1.165, 1.54) is 0 Å². The molecule has 1 atom stereocenters. The third-order valence-electron chi connectivity index (χ3n) is 4.28. The average Bonchev–Trinajstić information content (AvgIpc) is 3.25. The Hall–Kier alpha value is -2.11. The normalized spacial score (nSPS) is 22.5. The summed E-state index contributed by atoms with van der Waals surface area (Å²) >= 11 is 0. The molecule has 6 nitrogen and oxygen atoms in total. The number of carbonyl (C=O) groups is 1. The first-order valence-electron chi connectivity index (χ1n) is 7.65. The molecule has 0 aromatic carbocycles. The molecular formula is C15H19N5O. The Balaban J connectivity index is 1.47. The van der Waals surface area contributed by atoms with Crippen LogP contribution in [0.5, 0.6) is 0 Å². The van der Waals surface area contributed by atoms with Crippen molar-refractivity contribution >= 4 is 17.4 Å². The van der Waals surface area contributed by atoms with Crippen LogP contribution in [0.25, 0.3) is 5.65 Å². The standard InChI is InChI=1S/C15H19N5O/c21-15(11-3-4-11)17-12-2-1-8-19(10-12)13-6-9-20-14(18-13)5-7-16-20/h5-7,9,11-12H,1-4,8,10H2,(H,17,21). The molecule has 2 fully saturated rings. The molecule has 1 amide bonds. The average molecular weight is 285 g/mol. The lowest BCUT2D eigenvalue weighted by Gasteiger charge is -2.34. The summed E-state index contributed by atoms with van der Waals surface area (Å²) in [5.74, 6) is 1.48. The van der Waals surface area contributed by atoms with Crippen molar-refractivity contribution in [2.75, 3.05) is 18.0 Å². The fourth-order valence-corrected chi connectivity index (χ4v) is 2.95. The van der Waals surface area contributed by atoms with Gasteiger partial charge in [0.25, 0.3) is 0 Å². The first-order chi connectivity index (χ1) is 10.3. The molecule has 110 valence electrons. The number of rotatable bonds is 3. The lowest BCUT2D eigenvalue weighted by molar-refractivity contribution is -0.123. The van der Waals surface area contributed by atoms with Gasteiger partial charge in [0.2, 0.25) is 5.91 Å². The summed E-state index contributed by atoms with van der Waals surface area (Å²) in [5.41, 5.74) is 0.858. The number of amides is 1. The van der Waals surface area contributed by atoms with E-state index in [9.17, 15) is 4.79 Å². The molecule has 21 heavy (non-hydrogen) atoms. The van der Waals surface area contributed by atoms with Gasteiger partial charge in [0.15, 0.2) is 5.65 Å². The van der Waals surface area contributed by atoms with Crippen molar-refractivity contribution in [3.63, 3.8) is 0 Å². The van der Waals surface area contributed by atoms with E-state index < -0.39 is 0 Å². The summed E-state index contributed by atoms with van der Waals surface area (Å²) in [7, 11) is 0. The van der Waals surface area contributed by atoms with Crippen LogP contribution in [0.4, 0.5) is 5.82 Å². The molecule has 2 aliphatic rings. The molecule has 1 aliphatic heterocycles. The monoisotopic (exact) mass is 285 g/mol. The SMILES string of the molecule is O=C(NC1CCCN(c2ccn3nccc3n2)C1)C1CC1. The van der Waals surface area contributed by atoms with Crippen molar-refractivity contribution in [2.45, 2.75) is 31.7 Å². The fraction of sp³-hybridized carbons (Fsp3) is 0.533. The number of anilines is 1. The Labute approximate surface area is 123 Å². The Morgan fingerprint density at radius 3 is 3.05 bits per heavy atom. The highest BCUT2D eigenvalue weighted by Crippen LogP contribution is 2.29. The number of piperidine rings is 1. The van der Waals surface area contributed by atoms with Crippen molar-refractivity contribution in [1.29, 1.82) is 0 Å². The molecule has 1 saturated carbocycles. The van der Waals surface area contributed by atoms with Crippen LogP contribution < -0.4 is 10.2 Å². The molecule has 1 N–H and O–H groups in total. The van der Waals surface area contributed by atoms with Crippen LogP contribution in [0.15, 0.2) is 24.5 Å². The fourth-order valence-electron chi connectivity index (χ4n) is 2.95. The Kier molecular flexibility index (Phi) is 3.02. The van der Waals surface area contributed by atoms with Gasteiger partial charge in [-0.1, -0.05) is 0 Å². The summed E-state index contributed by atoms with van der Waals surface area (Å²) in [5, 5.41) is 7.35. The van der Waals surface area contributed by atoms with Crippen molar-refractivity contribution < 1.29 is 4.79 Å². The van der Waals surface area contributed by atoms with Crippen molar-refractivity contribution in [3.8, 4) is 0 Å². The molecule has 2 aromatic heterocycles.